The third kappa shape index (κ3) is 4.57. The van der Waals surface area contributed by atoms with Crippen molar-refractivity contribution in [2.45, 2.75) is 6.18 Å². The Balaban J connectivity index is 2.05. The average molecular weight is 422 g/mol. The second-order valence-corrected chi connectivity index (χ2v) is 7.20. The molecule has 0 atom stereocenters. The first kappa shape index (κ1) is 18.5. The van der Waals surface area contributed by atoms with Crippen LogP contribution in [0.5, 0.6) is 5.75 Å². The lowest BCUT2D eigenvalue weighted by molar-refractivity contribution is -0.142. The van der Waals surface area contributed by atoms with Gasteiger partial charge in [0, 0.05) is 7.05 Å². The summed E-state index contributed by atoms with van der Waals surface area (Å²) in [7, 11) is 1.37. The minimum atomic E-state index is -4.64. The molecule has 2 rings (SSSR count). The number of thiophene rings is 1. The fourth-order valence-corrected chi connectivity index (χ4v) is 3.21. The summed E-state index contributed by atoms with van der Waals surface area (Å²) in [4.78, 5) is 25.4. The van der Waals surface area contributed by atoms with E-state index in [-0.39, 0.29) is 0 Å². The molecule has 0 saturated heterocycles. The highest BCUT2D eigenvalue weighted by Gasteiger charge is 2.34. The predicted molar refractivity (Wildman–Crippen MR) is 86.1 cm³/mol. The van der Waals surface area contributed by atoms with Crippen LogP contribution in [-0.4, -0.2) is 30.4 Å². The number of likely N-dealkylation sites (N-methyl/N-ethyl adjacent to an activating group) is 1. The van der Waals surface area contributed by atoms with Gasteiger partial charge in [0.15, 0.2) is 0 Å². The van der Waals surface area contributed by atoms with Gasteiger partial charge in [0.05, 0.1) is 14.2 Å². The van der Waals surface area contributed by atoms with Gasteiger partial charge in [-0.15, -0.1) is 11.3 Å². The molecule has 1 aromatic carbocycles. The zero-order chi connectivity index (χ0) is 17.9. The quantitative estimate of drug-likeness (QED) is 0.548. The maximum atomic E-state index is 12.9. The van der Waals surface area contributed by atoms with Crippen LogP contribution in [0.2, 0.25) is 0 Å². The van der Waals surface area contributed by atoms with Crippen molar-refractivity contribution in [1.29, 1.82) is 0 Å². The van der Waals surface area contributed by atoms with Crippen molar-refractivity contribution in [3.8, 4) is 5.75 Å². The first-order valence-corrected chi connectivity index (χ1v) is 8.17. The van der Waals surface area contributed by atoms with E-state index >= 15 is 0 Å². The summed E-state index contributed by atoms with van der Waals surface area (Å²) < 4.78 is 44.1. The third-order valence-corrected chi connectivity index (χ3v) is 4.52. The Bertz CT molecular complexity index is 760. The number of hydrogen-bond acceptors (Lipinski definition) is 4. The minimum absolute atomic E-state index is 0.396. The van der Waals surface area contributed by atoms with Crippen molar-refractivity contribution in [2.24, 2.45) is 0 Å². The van der Waals surface area contributed by atoms with Crippen molar-refractivity contribution < 1.29 is 27.5 Å². The third-order valence-electron chi connectivity index (χ3n) is 2.91. The number of halogens is 4. The zero-order valence-corrected chi connectivity index (χ0v) is 14.7. The molecule has 1 heterocycles. The van der Waals surface area contributed by atoms with E-state index in [4.69, 9.17) is 4.74 Å². The van der Waals surface area contributed by atoms with Crippen molar-refractivity contribution in [3.63, 3.8) is 0 Å². The molecule has 0 aliphatic carbocycles. The van der Waals surface area contributed by atoms with Crippen LogP contribution in [0.3, 0.4) is 0 Å². The Hall–Kier alpha value is -1.87. The molecule has 128 valence electrons. The summed E-state index contributed by atoms with van der Waals surface area (Å²) in [6, 6.07) is 7.67. The second-order valence-electron chi connectivity index (χ2n) is 4.73. The molecule has 0 aliphatic rings. The molecule has 1 aromatic heterocycles. The lowest BCUT2D eigenvalue weighted by Gasteiger charge is -2.17. The number of nitrogens with zero attached hydrogens (tertiary/aromatic N) is 1. The summed E-state index contributed by atoms with van der Waals surface area (Å²) in [5, 5.41) is 0. The van der Waals surface area contributed by atoms with Crippen LogP contribution in [0.15, 0.2) is 40.2 Å². The molecule has 0 aliphatic heterocycles. The van der Waals surface area contributed by atoms with Gasteiger partial charge in [0.25, 0.3) is 5.91 Å². The molecule has 2 aromatic rings. The molecule has 0 N–H and O–H groups in total. The van der Waals surface area contributed by atoms with E-state index in [0.717, 1.165) is 20.8 Å². The number of ether oxygens (including phenoxy) is 1. The fourth-order valence-electron chi connectivity index (χ4n) is 1.83. The van der Waals surface area contributed by atoms with Gasteiger partial charge in [-0.2, -0.15) is 13.2 Å². The molecule has 1 amide bonds. The van der Waals surface area contributed by atoms with Gasteiger partial charge in [-0.3, -0.25) is 4.79 Å². The first-order chi connectivity index (χ1) is 11.2. The number of rotatable bonds is 4. The van der Waals surface area contributed by atoms with Gasteiger partial charge in [0.2, 0.25) is 0 Å². The van der Waals surface area contributed by atoms with Gasteiger partial charge in [0.1, 0.15) is 12.3 Å². The molecule has 0 radical (unpaired) electrons. The Morgan fingerprint density at radius 1 is 1.21 bits per heavy atom. The monoisotopic (exact) mass is 421 g/mol. The van der Waals surface area contributed by atoms with E-state index in [1.54, 1.807) is 12.1 Å². The molecular formula is C15H11BrF3NO3S. The largest absolute Gasteiger partial charge is 0.425 e. The van der Waals surface area contributed by atoms with E-state index < -0.39 is 35.9 Å². The highest BCUT2D eigenvalue weighted by Crippen LogP contribution is 2.35. The standard InChI is InChI=1S/C15H11BrF3NO3S/c1-20(14(22)11-6-7-12(16)24-11)8-13(21)23-10-5-3-2-4-9(10)15(17,18)19/h2-7H,8H2,1H3. The number of carbonyl (C=O) groups excluding carboxylic acids is 2. The van der Waals surface area contributed by atoms with Crippen LogP contribution in [0, 0.1) is 0 Å². The summed E-state index contributed by atoms with van der Waals surface area (Å²) >= 11 is 4.41. The maximum Gasteiger partial charge on any atom is 0.419 e. The second kappa shape index (κ2) is 7.35. The van der Waals surface area contributed by atoms with E-state index in [1.165, 1.54) is 30.5 Å². The smallest absolute Gasteiger partial charge is 0.419 e. The van der Waals surface area contributed by atoms with Crippen LogP contribution in [0.1, 0.15) is 15.2 Å². The normalized spacial score (nSPS) is 11.2. The summed E-state index contributed by atoms with van der Waals surface area (Å²) in [5.41, 5.74) is -1.05. The molecular weight excluding hydrogens is 411 g/mol. The van der Waals surface area contributed by atoms with Crippen molar-refractivity contribution in [3.05, 3.63) is 50.6 Å². The van der Waals surface area contributed by atoms with Gasteiger partial charge >= 0.3 is 12.1 Å². The van der Waals surface area contributed by atoms with E-state index in [0.29, 0.717) is 4.88 Å². The SMILES string of the molecule is CN(CC(=O)Oc1ccccc1C(F)(F)F)C(=O)c1ccc(Br)s1. The van der Waals surface area contributed by atoms with Crippen LogP contribution < -0.4 is 4.74 Å². The molecule has 9 heteroatoms. The molecule has 0 unspecified atom stereocenters. The van der Waals surface area contributed by atoms with E-state index in [1.807, 2.05) is 0 Å². The van der Waals surface area contributed by atoms with Gasteiger partial charge in [-0.25, -0.2) is 4.79 Å². The molecule has 24 heavy (non-hydrogen) atoms. The number of benzene rings is 1. The van der Waals surface area contributed by atoms with Crippen molar-refractivity contribution in [1.82, 2.24) is 4.90 Å². The topological polar surface area (TPSA) is 46.6 Å². The predicted octanol–water partition coefficient (Wildman–Crippen LogP) is 4.21. The molecule has 0 spiro atoms. The van der Waals surface area contributed by atoms with E-state index in [2.05, 4.69) is 15.9 Å². The molecule has 0 fully saturated rings. The highest BCUT2D eigenvalue weighted by molar-refractivity contribution is 9.11. The average Bonchev–Trinajstić information content (AvgIpc) is 2.92. The van der Waals surface area contributed by atoms with Crippen molar-refractivity contribution >= 4 is 39.1 Å². The lowest BCUT2D eigenvalue weighted by Crippen LogP contribution is -2.34. The first-order valence-electron chi connectivity index (χ1n) is 6.56. The lowest BCUT2D eigenvalue weighted by atomic mass is 10.2. The number of carbonyl (C=O) groups is 2. The highest BCUT2D eigenvalue weighted by atomic mass is 79.9. The molecule has 0 bridgehead atoms. The Morgan fingerprint density at radius 3 is 2.46 bits per heavy atom. The molecule has 4 nitrogen and oxygen atoms in total. The van der Waals surface area contributed by atoms with E-state index in [9.17, 15) is 22.8 Å². The maximum absolute atomic E-state index is 12.9. The van der Waals surface area contributed by atoms with Crippen LogP contribution >= 0.6 is 27.3 Å². The van der Waals surface area contributed by atoms with Crippen molar-refractivity contribution in [2.75, 3.05) is 13.6 Å². The number of hydrogen-bond donors (Lipinski definition) is 0. The Labute approximate surface area is 148 Å². The van der Waals surface area contributed by atoms with Gasteiger partial charge in [-0.05, 0) is 40.2 Å². The Kier molecular flexibility index (Phi) is 5.66. The van der Waals surface area contributed by atoms with Gasteiger partial charge < -0.3 is 9.64 Å². The summed E-state index contributed by atoms with van der Waals surface area (Å²) in [5.74, 6) is -1.97. The number of esters is 1. The number of alkyl halides is 3. The zero-order valence-electron chi connectivity index (χ0n) is 12.3. The molecule has 0 saturated carbocycles. The van der Waals surface area contributed by atoms with Crippen LogP contribution in [0.4, 0.5) is 13.2 Å². The fraction of sp³-hybridized carbons (Fsp3) is 0.200. The van der Waals surface area contributed by atoms with Gasteiger partial charge in [-0.1, -0.05) is 12.1 Å². The number of amides is 1. The van der Waals surface area contributed by atoms with Crippen LogP contribution in [0.25, 0.3) is 0 Å². The summed E-state index contributed by atoms with van der Waals surface area (Å²) in [6.07, 6.45) is -4.64. The Morgan fingerprint density at radius 2 is 1.88 bits per heavy atom. The number of para-hydroxylation sites is 1. The van der Waals surface area contributed by atoms with Crippen LogP contribution in [-0.2, 0) is 11.0 Å². The minimum Gasteiger partial charge on any atom is -0.425 e. The summed E-state index contributed by atoms with van der Waals surface area (Å²) in [6.45, 7) is -0.472.